The van der Waals surface area contributed by atoms with E-state index in [2.05, 4.69) is 10.4 Å². The van der Waals surface area contributed by atoms with Gasteiger partial charge in [0.15, 0.2) is 10.9 Å². The number of nitrogens with one attached hydrogen (secondary N) is 1. The monoisotopic (exact) mass is 429 g/mol. The first-order valence-corrected chi connectivity index (χ1v) is 10.7. The number of benzene rings is 3. The number of aromatic nitrogens is 2. The number of thioether (sulfide) groups is 1. The summed E-state index contributed by atoms with van der Waals surface area (Å²) < 4.78 is 1.14. The summed E-state index contributed by atoms with van der Waals surface area (Å²) in [6.07, 6.45) is 0.118. The zero-order valence-electron chi connectivity index (χ0n) is 16.5. The Morgan fingerprint density at radius 1 is 0.871 bits per heavy atom. The molecular formula is C24H19N3O3S. The maximum absolute atomic E-state index is 13.1. The van der Waals surface area contributed by atoms with Crippen molar-refractivity contribution in [3.8, 4) is 0 Å². The van der Waals surface area contributed by atoms with Crippen LogP contribution in [0.25, 0.3) is 10.9 Å². The SMILES string of the molecule is O=C(Cc1ccccc1)Nn1c(SCC(=O)c2ccccc2)nc2ccccc2c1=O. The molecule has 4 aromatic rings. The van der Waals surface area contributed by atoms with Gasteiger partial charge in [0.25, 0.3) is 5.56 Å². The van der Waals surface area contributed by atoms with Gasteiger partial charge in [-0.25, -0.2) is 4.98 Å². The highest BCUT2D eigenvalue weighted by atomic mass is 32.2. The van der Waals surface area contributed by atoms with Crippen LogP contribution in [0, 0.1) is 0 Å². The molecule has 1 aromatic heterocycles. The fourth-order valence-electron chi connectivity index (χ4n) is 3.09. The van der Waals surface area contributed by atoms with E-state index in [9.17, 15) is 14.4 Å². The van der Waals surface area contributed by atoms with E-state index in [4.69, 9.17) is 0 Å². The number of fused-ring (bicyclic) bond motifs is 1. The van der Waals surface area contributed by atoms with Crippen molar-refractivity contribution in [2.75, 3.05) is 11.2 Å². The zero-order chi connectivity index (χ0) is 21.6. The Bertz CT molecular complexity index is 1290. The Balaban J connectivity index is 1.62. The lowest BCUT2D eigenvalue weighted by atomic mass is 10.1. The summed E-state index contributed by atoms with van der Waals surface area (Å²) >= 11 is 1.11. The second kappa shape index (κ2) is 9.40. The number of carbonyl (C=O) groups is 2. The highest BCUT2D eigenvalue weighted by molar-refractivity contribution is 7.99. The summed E-state index contributed by atoms with van der Waals surface area (Å²) in [6, 6.07) is 25.1. The quantitative estimate of drug-likeness (QED) is 0.275. The molecule has 154 valence electrons. The number of amides is 1. The number of ketones is 1. The summed E-state index contributed by atoms with van der Waals surface area (Å²) in [5, 5.41) is 0.649. The van der Waals surface area contributed by atoms with Crippen molar-refractivity contribution in [3.05, 3.63) is 106 Å². The molecule has 1 N–H and O–H groups in total. The molecule has 7 heteroatoms. The number of Topliss-reactive ketones (excluding diaryl/α,β-unsaturated/α-hetero) is 1. The van der Waals surface area contributed by atoms with Gasteiger partial charge in [-0.2, -0.15) is 4.68 Å². The molecule has 0 spiro atoms. The minimum atomic E-state index is -0.387. The molecule has 0 atom stereocenters. The molecular weight excluding hydrogens is 410 g/mol. The second-order valence-corrected chi connectivity index (χ2v) is 7.77. The van der Waals surface area contributed by atoms with E-state index >= 15 is 0 Å². The normalized spacial score (nSPS) is 10.7. The molecule has 0 radical (unpaired) electrons. The topological polar surface area (TPSA) is 81.1 Å². The van der Waals surface area contributed by atoms with Gasteiger partial charge in [0, 0.05) is 5.56 Å². The molecule has 0 saturated carbocycles. The third kappa shape index (κ3) is 4.90. The van der Waals surface area contributed by atoms with Crippen molar-refractivity contribution in [1.29, 1.82) is 0 Å². The summed E-state index contributed by atoms with van der Waals surface area (Å²) in [6.45, 7) is 0. The van der Waals surface area contributed by atoms with Crippen LogP contribution in [0.1, 0.15) is 15.9 Å². The lowest BCUT2D eigenvalue weighted by Gasteiger charge is -2.14. The molecule has 0 bridgehead atoms. The van der Waals surface area contributed by atoms with Gasteiger partial charge < -0.3 is 0 Å². The van der Waals surface area contributed by atoms with Gasteiger partial charge in [-0.3, -0.25) is 19.8 Å². The van der Waals surface area contributed by atoms with Crippen LogP contribution in [0.3, 0.4) is 0 Å². The summed E-state index contributed by atoms with van der Waals surface area (Å²) in [7, 11) is 0. The molecule has 0 saturated heterocycles. The minimum absolute atomic E-state index is 0.0867. The molecule has 0 fully saturated rings. The van der Waals surface area contributed by atoms with Crippen molar-refractivity contribution in [2.45, 2.75) is 11.6 Å². The Hall–Kier alpha value is -3.71. The summed E-state index contributed by atoms with van der Waals surface area (Å²) in [5.74, 6) is -0.347. The highest BCUT2D eigenvalue weighted by Crippen LogP contribution is 2.18. The third-order valence-electron chi connectivity index (χ3n) is 4.62. The van der Waals surface area contributed by atoms with Gasteiger partial charge in [0.1, 0.15) is 0 Å². The Labute approximate surface area is 182 Å². The Kier molecular flexibility index (Phi) is 6.24. The van der Waals surface area contributed by atoms with Crippen LogP contribution < -0.4 is 11.0 Å². The maximum atomic E-state index is 13.1. The standard InChI is InChI=1S/C24H19N3O3S/c28-21(18-11-5-2-6-12-18)16-31-24-25-20-14-8-7-13-19(20)23(30)27(24)26-22(29)15-17-9-3-1-4-10-17/h1-14H,15-16H2,(H,26,29). The van der Waals surface area contributed by atoms with Crippen molar-refractivity contribution in [3.63, 3.8) is 0 Å². The largest absolute Gasteiger partial charge is 0.293 e. The first-order chi connectivity index (χ1) is 15.1. The number of rotatable bonds is 7. The average Bonchev–Trinajstić information content (AvgIpc) is 2.81. The molecule has 6 nitrogen and oxygen atoms in total. The fourth-order valence-corrected chi connectivity index (χ4v) is 3.94. The second-order valence-electron chi connectivity index (χ2n) is 6.83. The predicted molar refractivity (Wildman–Crippen MR) is 122 cm³/mol. The van der Waals surface area contributed by atoms with Crippen LogP contribution in [0.5, 0.6) is 0 Å². The molecule has 4 rings (SSSR count). The van der Waals surface area contributed by atoms with Crippen LogP contribution in [-0.4, -0.2) is 27.1 Å². The molecule has 0 unspecified atom stereocenters. The van der Waals surface area contributed by atoms with Gasteiger partial charge in [0.05, 0.1) is 23.1 Å². The molecule has 3 aromatic carbocycles. The lowest BCUT2D eigenvalue weighted by Crippen LogP contribution is -2.36. The average molecular weight is 430 g/mol. The van der Waals surface area contributed by atoms with E-state index in [0.717, 1.165) is 22.0 Å². The number of hydrogen-bond donors (Lipinski definition) is 1. The van der Waals surface area contributed by atoms with E-state index in [-0.39, 0.29) is 34.6 Å². The number of para-hydroxylation sites is 1. The third-order valence-corrected chi connectivity index (χ3v) is 5.56. The van der Waals surface area contributed by atoms with E-state index in [1.165, 1.54) is 0 Å². The first-order valence-electron chi connectivity index (χ1n) is 9.68. The van der Waals surface area contributed by atoms with Crippen molar-refractivity contribution in [1.82, 2.24) is 9.66 Å². The first kappa shape index (κ1) is 20.6. The number of nitrogens with zero attached hydrogens (tertiary/aromatic N) is 2. The van der Waals surface area contributed by atoms with E-state index in [0.29, 0.717) is 16.5 Å². The van der Waals surface area contributed by atoms with Crippen LogP contribution in [0.4, 0.5) is 0 Å². The number of hydrogen-bond acceptors (Lipinski definition) is 5. The molecule has 0 aliphatic rings. The van der Waals surface area contributed by atoms with E-state index in [1.54, 1.807) is 48.5 Å². The Morgan fingerprint density at radius 2 is 1.52 bits per heavy atom. The summed E-state index contributed by atoms with van der Waals surface area (Å²) in [5.41, 5.74) is 4.19. The summed E-state index contributed by atoms with van der Waals surface area (Å²) in [4.78, 5) is 42.7. The van der Waals surface area contributed by atoms with E-state index < -0.39 is 0 Å². The van der Waals surface area contributed by atoms with Crippen molar-refractivity contribution < 1.29 is 9.59 Å². The van der Waals surface area contributed by atoms with Gasteiger partial charge in [-0.15, -0.1) is 0 Å². The fraction of sp³-hybridized carbons (Fsp3) is 0.0833. The molecule has 1 amide bonds. The Morgan fingerprint density at radius 3 is 2.26 bits per heavy atom. The highest BCUT2D eigenvalue weighted by Gasteiger charge is 2.16. The molecule has 0 aliphatic heterocycles. The van der Waals surface area contributed by atoms with Crippen LogP contribution in [0.2, 0.25) is 0 Å². The molecule has 0 aliphatic carbocycles. The van der Waals surface area contributed by atoms with Gasteiger partial charge >= 0.3 is 0 Å². The van der Waals surface area contributed by atoms with Crippen LogP contribution in [-0.2, 0) is 11.2 Å². The zero-order valence-corrected chi connectivity index (χ0v) is 17.3. The lowest BCUT2D eigenvalue weighted by molar-refractivity contribution is -0.116. The van der Waals surface area contributed by atoms with E-state index in [1.807, 2.05) is 36.4 Å². The number of carbonyl (C=O) groups excluding carboxylic acids is 2. The predicted octanol–water partition coefficient (Wildman–Crippen LogP) is 3.68. The van der Waals surface area contributed by atoms with Crippen molar-refractivity contribution in [2.24, 2.45) is 0 Å². The molecule has 1 heterocycles. The smallest absolute Gasteiger partial charge is 0.281 e. The van der Waals surface area contributed by atoms with Gasteiger partial charge in [0.2, 0.25) is 5.91 Å². The molecule has 31 heavy (non-hydrogen) atoms. The van der Waals surface area contributed by atoms with Crippen LogP contribution >= 0.6 is 11.8 Å². The van der Waals surface area contributed by atoms with Gasteiger partial charge in [-0.1, -0.05) is 84.6 Å². The van der Waals surface area contributed by atoms with Gasteiger partial charge in [-0.05, 0) is 17.7 Å². The maximum Gasteiger partial charge on any atom is 0.281 e. The van der Waals surface area contributed by atoms with Crippen molar-refractivity contribution >= 4 is 34.4 Å². The van der Waals surface area contributed by atoms with Crippen LogP contribution in [0.15, 0.2) is 94.9 Å². The minimum Gasteiger partial charge on any atom is -0.293 e.